The molecule has 28 heavy (non-hydrogen) atoms. The molecule has 1 fully saturated rings. The largest absolute Gasteiger partial charge is 0.500 e. The van der Waals surface area contributed by atoms with E-state index in [1.165, 1.54) is 19.3 Å². The topological polar surface area (TPSA) is 136 Å². The van der Waals surface area contributed by atoms with Crippen molar-refractivity contribution in [3.63, 3.8) is 0 Å². The first-order valence-corrected chi connectivity index (χ1v) is 8.77. The van der Waals surface area contributed by atoms with E-state index in [-0.39, 0.29) is 16.2 Å². The summed E-state index contributed by atoms with van der Waals surface area (Å²) in [5, 5.41) is 20.2. The van der Waals surface area contributed by atoms with Crippen LogP contribution in [0.4, 0.5) is 10.5 Å². The van der Waals surface area contributed by atoms with Crippen LogP contribution in [-0.4, -0.2) is 51.3 Å². The number of hydrogen-bond acceptors (Lipinski definition) is 9. The fourth-order valence-corrected chi connectivity index (χ4v) is 3.12. The molecule has 2 rings (SSSR count). The Morgan fingerprint density at radius 3 is 2.54 bits per heavy atom. The average molecular weight is 410 g/mol. The Morgan fingerprint density at radius 1 is 1.36 bits per heavy atom. The molecule has 1 aromatic carbocycles. The number of phenolic OH excluding ortho intramolecular Hbond substituents is 1. The second-order valence-corrected chi connectivity index (χ2v) is 7.70. The van der Waals surface area contributed by atoms with Gasteiger partial charge in [-0.15, -0.1) is 0 Å². The molecule has 150 valence electrons. The first kappa shape index (κ1) is 21.2. The van der Waals surface area contributed by atoms with Gasteiger partial charge in [0.05, 0.1) is 16.9 Å². The van der Waals surface area contributed by atoms with Crippen LogP contribution in [-0.2, 0) is 14.3 Å². The lowest BCUT2D eigenvalue weighted by Gasteiger charge is -2.21. The van der Waals surface area contributed by atoms with Gasteiger partial charge in [0.1, 0.15) is 12.1 Å². The molecule has 0 aromatic heterocycles. The highest BCUT2D eigenvalue weighted by atomic mass is 32.2. The molecule has 1 heterocycles. The lowest BCUT2D eigenvalue weighted by Crippen LogP contribution is -2.37. The highest BCUT2D eigenvalue weighted by Crippen LogP contribution is 2.39. The fraction of sp³-hybridized carbons (Fsp3) is 0.353. The third-order valence-electron chi connectivity index (χ3n) is 3.37. The van der Waals surface area contributed by atoms with Crippen molar-refractivity contribution in [2.45, 2.75) is 26.4 Å². The lowest BCUT2D eigenvalue weighted by atomic mass is 10.1. The van der Waals surface area contributed by atoms with E-state index in [9.17, 15) is 29.6 Å². The number of aromatic hydroxyl groups is 1. The molecular weight excluding hydrogens is 392 g/mol. The maximum absolute atomic E-state index is 12.5. The number of rotatable bonds is 5. The molecule has 0 unspecified atom stereocenters. The van der Waals surface area contributed by atoms with E-state index in [1.54, 1.807) is 20.8 Å². The molecule has 1 aliphatic rings. The number of carbonyl (C=O) groups excluding carboxylic acids is 3. The summed E-state index contributed by atoms with van der Waals surface area (Å²) in [4.78, 5) is 47.4. The second kappa shape index (κ2) is 7.89. The summed E-state index contributed by atoms with van der Waals surface area (Å²) in [6.45, 7) is 4.43. The normalized spacial score (nSPS) is 15.9. The van der Waals surface area contributed by atoms with Crippen molar-refractivity contribution in [1.82, 2.24) is 4.90 Å². The second-order valence-electron chi connectivity index (χ2n) is 6.70. The van der Waals surface area contributed by atoms with Gasteiger partial charge in [-0.2, -0.15) is 0 Å². The molecule has 0 aliphatic carbocycles. The van der Waals surface area contributed by atoms with Gasteiger partial charge in [0.25, 0.3) is 11.1 Å². The lowest BCUT2D eigenvalue weighted by molar-refractivity contribution is -0.386. The van der Waals surface area contributed by atoms with Crippen molar-refractivity contribution in [2.24, 2.45) is 0 Å². The van der Waals surface area contributed by atoms with Crippen LogP contribution < -0.4 is 4.74 Å². The van der Waals surface area contributed by atoms with Gasteiger partial charge in [-0.05, 0) is 50.2 Å². The average Bonchev–Trinajstić information content (AvgIpc) is 2.81. The zero-order valence-electron chi connectivity index (χ0n) is 15.5. The van der Waals surface area contributed by atoms with Crippen molar-refractivity contribution < 1.29 is 33.9 Å². The number of amides is 2. The van der Waals surface area contributed by atoms with Gasteiger partial charge >= 0.3 is 11.7 Å². The van der Waals surface area contributed by atoms with E-state index >= 15 is 0 Å². The van der Waals surface area contributed by atoms with Crippen LogP contribution in [0.2, 0.25) is 0 Å². The maximum Gasteiger partial charge on any atom is 0.326 e. The van der Waals surface area contributed by atoms with Crippen LogP contribution in [0.3, 0.4) is 0 Å². The number of ether oxygens (including phenoxy) is 2. The van der Waals surface area contributed by atoms with Crippen molar-refractivity contribution in [3.8, 4) is 11.5 Å². The number of phenols is 1. The summed E-state index contributed by atoms with van der Waals surface area (Å²) in [5.41, 5.74) is -1.21. The summed E-state index contributed by atoms with van der Waals surface area (Å²) in [6, 6.07) is 2.32. The van der Waals surface area contributed by atoms with E-state index in [0.717, 1.165) is 11.0 Å². The molecule has 0 atom stereocenters. The number of nitro groups is 1. The zero-order chi connectivity index (χ0) is 21.2. The molecule has 11 heteroatoms. The Labute approximate surface area is 164 Å². The van der Waals surface area contributed by atoms with Crippen LogP contribution in [0.1, 0.15) is 26.3 Å². The van der Waals surface area contributed by atoms with Gasteiger partial charge in [0.15, 0.2) is 5.75 Å². The van der Waals surface area contributed by atoms with E-state index in [1.807, 2.05) is 0 Å². The van der Waals surface area contributed by atoms with Gasteiger partial charge in [-0.3, -0.25) is 29.4 Å². The fourth-order valence-electron chi connectivity index (χ4n) is 2.28. The Bertz CT molecular complexity index is 888. The Balaban J connectivity index is 2.30. The number of imide groups is 1. The van der Waals surface area contributed by atoms with Gasteiger partial charge in [0.2, 0.25) is 5.75 Å². The molecule has 10 nitrogen and oxygen atoms in total. The minimum atomic E-state index is -0.802. The quantitative estimate of drug-likeness (QED) is 0.336. The highest BCUT2D eigenvalue weighted by molar-refractivity contribution is 8.18. The molecule has 0 saturated carbocycles. The van der Waals surface area contributed by atoms with Gasteiger partial charge < -0.3 is 14.6 Å². The standard InChI is InChI=1S/C17H18N2O8S/c1-17(2,3)27-13(20)8-18-15(22)12(28-16(18)23)7-9-5-10(19(24)25)14(21)11(6-9)26-4/h5-7,21H,8H2,1-4H3. The summed E-state index contributed by atoms with van der Waals surface area (Å²) in [6.07, 6.45) is 1.24. The highest BCUT2D eigenvalue weighted by Gasteiger charge is 2.37. The Kier molecular flexibility index (Phi) is 5.98. The smallest absolute Gasteiger partial charge is 0.326 e. The summed E-state index contributed by atoms with van der Waals surface area (Å²) < 4.78 is 10.00. The number of methoxy groups -OCH3 is 1. The molecule has 1 saturated heterocycles. The summed E-state index contributed by atoms with van der Waals surface area (Å²) >= 11 is 0.586. The molecule has 0 spiro atoms. The van der Waals surface area contributed by atoms with Gasteiger partial charge in [-0.25, -0.2) is 0 Å². The third-order valence-corrected chi connectivity index (χ3v) is 4.28. The molecule has 2 amide bonds. The Morgan fingerprint density at radius 2 is 2.00 bits per heavy atom. The van der Waals surface area contributed by atoms with Crippen LogP contribution in [0.5, 0.6) is 11.5 Å². The van der Waals surface area contributed by atoms with E-state index < -0.39 is 45.6 Å². The third kappa shape index (κ3) is 4.80. The zero-order valence-corrected chi connectivity index (χ0v) is 16.4. The van der Waals surface area contributed by atoms with Gasteiger partial charge in [0, 0.05) is 6.07 Å². The van der Waals surface area contributed by atoms with Crippen LogP contribution >= 0.6 is 11.8 Å². The van der Waals surface area contributed by atoms with E-state index in [4.69, 9.17) is 9.47 Å². The molecule has 0 bridgehead atoms. The maximum atomic E-state index is 12.5. The van der Waals surface area contributed by atoms with Crippen LogP contribution in [0.25, 0.3) is 6.08 Å². The number of carbonyl (C=O) groups is 3. The SMILES string of the molecule is COc1cc(C=C2SC(=O)N(CC(=O)OC(C)(C)C)C2=O)cc([N+](=O)[O-])c1O. The minimum Gasteiger partial charge on any atom is -0.500 e. The predicted molar refractivity (Wildman–Crippen MR) is 99.8 cm³/mol. The van der Waals surface area contributed by atoms with Gasteiger partial charge in [-0.1, -0.05) is 0 Å². The van der Waals surface area contributed by atoms with E-state index in [0.29, 0.717) is 11.8 Å². The first-order chi connectivity index (χ1) is 12.9. The molecule has 1 N–H and O–H groups in total. The van der Waals surface area contributed by atoms with E-state index in [2.05, 4.69) is 0 Å². The minimum absolute atomic E-state index is 0.0319. The number of hydrogen-bond donors (Lipinski definition) is 1. The van der Waals surface area contributed by atoms with Crippen molar-refractivity contribution >= 4 is 40.6 Å². The number of nitro benzene ring substituents is 1. The molecule has 1 aromatic rings. The van der Waals surface area contributed by atoms with Crippen molar-refractivity contribution in [2.75, 3.05) is 13.7 Å². The number of benzene rings is 1. The van der Waals surface area contributed by atoms with Crippen molar-refractivity contribution in [1.29, 1.82) is 0 Å². The van der Waals surface area contributed by atoms with Crippen LogP contribution in [0, 0.1) is 10.1 Å². The molecule has 0 radical (unpaired) electrons. The number of esters is 1. The Hall–Kier alpha value is -3.08. The van der Waals surface area contributed by atoms with Crippen LogP contribution in [0.15, 0.2) is 17.0 Å². The number of thioether (sulfide) groups is 1. The predicted octanol–water partition coefficient (Wildman–Crippen LogP) is 2.69. The first-order valence-electron chi connectivity index (χ1n) is 7.95. The monoisotopic (exact) mass is 410 g/mol. The molecule has 1 aliphatic heterocycles. The summed E-state index contributed by atoms with van der Waals surface area (Å²) in [5.74, 6) is -2.27. The summed E-state index contributed by atoms with van der Waals surface area (Å²) in [7, 11) is 1.22. The number of nitrogens with zero attached hydrogens (tertiary/aromatic N) is 2. The van der Waals surface area contributed by atoms with Crippen molar-refractivity contribution in [3.05, 3.63) is 32.7 Å². The molecular formula is C17H18N2O8S.